The van der Waals surface area contributed by atoms with Gasteiger partial charge in [-0.2, -0.15) is 0 Å². The minimum atomic E-state index is 0.271. The molecule has 0 saturated carbocycles. The van der Waals surface area contributed by atoms with Crippen LogP contribution in [-0.4, -0.2) is 12.4 Å². The molecule has 0 aromatic carbocycles. The molecular weight excluding hydrogens is 123 g/mol. The number of hydrogen-bond acceptors (Lipinski definition) is 1. The first-order valence-corrected chi connectivity index (χ1v) is 3.23. The molecule has 0 rings (SSSR count). The molecule has 1 nitrogen and oxygen atoms in total. The third-order valence-electron chi connectivity index (χ3n) is 1.18. The van der Waals surface area contributed by atoms with Gasteiger partial charge in [0.05, 0.1) is 0 Å². The molecule has 0 aromatic heterocycles. The summed E-state index contributed by atoms with van der Waals surface area (Å²) >= 11 is 0. The summed E-state index contributed by atoms with van der Waals surface area (Å²) in [6.45, 7) is 7.26. The van der Waals surface area contributed by atoms with Crippen LogP contribution >= 0.6 is 0 Å². The fraction of sp³-hybridized carbons (Fsp3) is 0.250. The van der Waals surface area contributed by atoms with Crippen molar-refractivity contribution in [1.82, 2.24) is 0 Å². The van der Waals surface area contributed by atoms with E-state index in [1.165, 1.54) is 0 Å². The highest BCUT2D eigenvalue weighted by molar-refractivity contribution is 6.44. The number of aliphatic hydroxyl groups excluding tert-OH is 1. The van der Waals surface area contributed by atoms with Crippen LogP contribution in [0.2, 0.25) is 6.82 Å². The van der Waals surface area contributed by atoms with Crippen LogP contribution in [0.25, 0.3) is 0 Å². The molecule has 0 unspecified atom stereocenters. The average Bonchev–Trinajstić information content (AvgIpc) is 1.99. The molecule has 1 radical (unpaired) electrons. The van der Waals surface area contributed by atoms with Gasteiger partial charge >= 0.3 is 0 Å². The molecule has 0 aromatic rings. The van der Waals surface area contributed by atoms with Gasteiger partial charge in [0, 0.05) is 0 Å². The van der Waals surface area contributed by atoms with Crippen LogP contribution in [0.3, 0.4) is 0 Å². The minimum Gasteiger partial charge on any atom is -0.508 e. The lowest BCUT2D eigenvalue weighted by molar-refractivity contribution is 0.431. The van der Waals surface area contributed by atoms with E-state index in [1.54, 1.807) is 25.2 Å². The molecule has 0 heterocycles. The highest BCUT2D eigenvalue weighted by Gasteiger charge is 1.88. The van der Waals surface area contributed by atoms with E-state index in [0.717, 1.165) is 5.47 Å². The lowest BCUT2D eigenvalue weighted by Crippen LogP contribution is -1.87. The second-order valence-electron chi connectivity index (χ2n) is 1.85. The van der Waals surface area contributed by atoms with Gasteiger partial charge in [-0.05, 0) is 19.1 Å². The summed E-state index contributed by atoms with van der Waals surface area (Å²) in [7, 11) is 1.88. The van der Waals surface area contributed by atoms with Gasteiger partial charge in [0.25, 0.3) is 0 Å². The molecule has 0 atom stereocenters. The van der Waals surface area contributed by atoms with Crippen molar-refractivity contribution >= 4 is 7.28 Å². The predicted molar refractivity (Wildman–Crippen MR) is 46.3 cm³/mol. The van der Waals surface area contributed by atoms with E-state index in [9.17, 15) is 0 Å². The molecule has 0 bridgehead atoms. The molecule has 0 aliphatic rings. The van der Waals surface area contributed by atoms with Crippen LogP contribution in [0.4, 0.5) is 0 Å². The van der Waals surface area contributed by atoms with Gasteiger partial charge in [0.1, 0.15) is 13.0 Å². The number of aliphatic hydroxyl groups is 1. The van der Waals surface area contributed by atoms with Crippen molar-refractivity contribution in [1.29, 1.82) is 0 Å². The van der Waals surface area contributed by atoms with E-state index in [0.29, 0.717) is 0 Å². The first kappa shape index (κ1) is 9.08. The quantitative estimate of drug-likeness (QED) is 0.357. The Morgan fingerprint density at radius 3 is 2.50 bits per heavy atom. The van der Waals surface area contributed by atoms with Crippen molar-refractivity contribution in [2.75, 3.05) is 0 Å². The molecule has 2 heteroatoms. The summed E-state index contributed by atoms with van der Waals surface area (Å²) in [5, 5.41) is 9.01. The molecule has 10 heavy (non-hydrogen) atoms. The summed E-state index contributed by atoms with van der Waals surface area (Å²) in [6, 6.07) is 0. The summed E-state index contributed by atoms with van der Waals surface area (Å²) < 4.78 is 0. The second-order valence-corrected chi connectivity index (χ2v) is 1.85. The van der Waals surface area contributed by atoms with Crippen LogP contribution in [0.15, 0.2) is 36.0 Å². The van der Waals surface area contributed by atoms with E-state index >= 15 is 0 Å². The lowest BCUT2D eigenvalue weighted by Gasteiger charge is -1.93. The van der Waals surface area contributed by atoms with Crippen LogP contribution < -0.4 is 0 Å². The number of hydrogen-bond donors (Lipinski definition) is 1. The third-order valence-corrected chi connectivity index (χ3v) is 1.18. The Morgan fingerprint density at radius 1 is 1.60 bits per heavy atom. The normalized spacial score (nSPS) is 13.0. The fourth-order valence-corrected chi connectivity index (χ4v) is 0.514. The predicted octanol–water partition coefficient (Wildman–Crippen LogP) is 2.27. The van der Waals surface area contributed by atoms with Gasteiger partial charge in [0.15, 0.2) is 0 Å². The molecular formula is C8H12BO. The Hall–Kier alpha value is -0.915. The molecule has 0 aliphatic carbocycles. The zero-order chi connectivity index (χ0) is 7.98. The zero-order valence-electron chi connectivity index (χ0n) is 6.46. The maximum Gasteiger partial charge on any atom is 0.148 e. The maximum absolute atomic E-state index is 9.01. The topological polar surface area (TPSA) is 20.2 Å². The molecule has 0 aliphatic heterocycles. The first-order chi connectivity index (χ1) is 4.74. The van der Waals surface area contributed by atoms with Gasteiger partial charge in [0.2, 0.25) is 0 Å². The SMILES string of the molecule is C=C/C([B]C)=C\C(O)=C/C. The Labute approximate surface area is 63.0 Å². The Morgan fingerprint density at radius 2 is 2.20 bits per heavy atom. The molecule has 1 N–H and O–H groups in total. The Bertz CT molecular complexity index is 168. The lowest BCUT2D eigenvalue weighted by atomic mass is 9.72. The van der Waals surface area contributed by atoms with E-state index in [-0.39, 0.29) is 5.76 Å². The van der Waals surface area contributed by atoms with Crippen molar-refractivity contribution in [2.24, 2.45) is 0 Å². The molecule has 0 saturated heterocycles. The third kappa shape index (κ3) is 3.18. The number of allylic oxidation sites excluding steroid dienone is 4. The van der Waals surface area contributed by atoms with Crippen molar-refractivity contribution in [3.05, 3.63) is 36.0 Å². The Balaban J connectivity index is 4.24. The number of rotatable bonds is 3. The fourth-order valence-electron chi connectivity index (χ4n) is 0.514. The molecule has 53 valence electrons. The van der Waals surface area contributed by atoms with Crippen LogP contribution in [0, 0.1) is 0 Å². The van der Waals surface area contributed by atoms with Crippen molar-refractivity contribution in [3.63, 3.8) is 0 Å². The summed E-state index contributed by atoms with van der Waals surface area (Å²) in [5.41, 5.74) is 0.926. The van der Waals surface area contributed by atoms with Gasteiger partial charge < -0.3 is 5.11 Å². The monoisotopic (exact) mass is 135 g/mol. The second kappa shape index (κ2) is 4.92. The van der Waals surface area contributed by atoms with Gasteiger partial charge in [-0.3, -0.25) is 0 Å². The van der Waals surface area contributed by atoms with E-state index in [1.807, 2.05) is 14.1 Å². The van der Waals surface area contributed by atoms with Gasteiger partial charge in [-0.15, -0.1) is 0 Å². The van der Waals surface area contributed by atoms with Crippen molar-refractivity contribution in [3.8, 4) is 0 Å². The van der Waals surface area contributed by atoms with E-state index in [4.69, 9.17) is 5.11 Å². The van der Waals surface area contributed by atoms with E-state index < -0.39 is 0 Å². The maximum atomic E-state index is 9.01. The molecule has 0 amide bonds. The van der Waals surface area contributed by atoms with Crippen molar-refractivity contribution < 1.29 is 5.11 Å². The average molecular weight is 135 g/mol. The summed E-state index contributed by atoms with van der Waals surface area (Å²) in [6.07, 6.45) is 4.99. The zero-order valence-corrected chi connectivity index (χ0v) is 6.46. The van der Waals surface area contributed by atoms with Crippen LogP contribution in [0.1, 0.15) is 6.92 Å². The first-order valence-electron chi connectivity index (χ1n) is 3.23. The molecule has 0 fully saturated rings. The highest BCUT2D eigenvalue weighted by atomic mass is 16.3. The molecule has 0 spiro atoms. The van der Waals surface area contributed by atoms with Crippen LogP contribution in [-0.2, 0) is 0 Å². The largest absolute Gasteiger partial charge is 0.508 e. The van der Waals surface area contributed by atoms with E-state index in [2.05, 4.69) is 6.58 Å². The standard InChI is InChI=1S/C8H12BO/c1-4-7(9-3)6-8(10)5-2/h4-6,10H,1H2,2-3H3/b7-6+,8-5+. The van der Waals surface area contributed by atoms with Crippen LogP contribution in [0.5, 0.6) is 0 Å². The minimum absolute atomic E-state index is 0.271. The Kier molecular flexibility index (Phi) is 4.47. The van der Waals surface area contributed by atoms with Gasteiger partial charge in [-0.1, -0.05) is 25.0 Å². The smallest absolute Gasteiger partial charge is 0.148 e. The van der Waals surface area contributed by atoms with Crippen molar-refractivity contribution in [2.45, 2.75) is 13.7 Å². The summed E-state index contributed by atoms with van der Waals surface area (Å²) in [5.74, 6) is 0.271. The highest BCUT2D eigenvalue weighted by Crippen LogP contribution is 1.98. The summed E-state index contributed by atoms with van der Waals surface area (Å²) in [4.78, 5) is 0. The van der Waals surface area contributed by atoms with Gasteiger partial charge in [-0.25, -0.2) is 0 Å².